The molecule has 1 aliphatic heterocycles. The van der Waals surface area contributed by atoms with E-state index in [9.17, 15) is 13.2 Å². The van der Waals surface area contributed by atoms with Crippen LogP contribution in [0, 0.1) is 16.7 Å². The van der Waals surface area contributed by atoms with Gasteiger partial charge in [0.25, 0.3) is 0 Å². The Balaban J connectivity index is 2.05. The van der Waals surface area contributed by atoms with Gasteiger partial charge in [0.2, 0.25) is 15.8 Å². The molecule has 3 fully saturated rings. The van der Waals surface area contributed by atoms with Crippen molar-refractivity contribution in [3.8, 4) is 0 Å². The van der Waals surface area contributed by atoms with Gasteiger partial charge >= 0.3 is 5.97 Å². The maximum Gasteiger partial charge on any atom is 0.338 e. The van der Waals surface area contributed by atoms with Gasteiger partial charge in [-0.05, 0) is 51.9 Å². The first-order valence-electron chi connectivity index (χ1n) is 10.4. The van der Waals surface area contributed by atoms with Gasteiger partial charge in [-0.3, -0.25) is 0 Å². The second-order valence-corrected chi connectivity index (χ2v) is 11.7. The summed E-state index contributed by atoms with van der Waals surface area (Å²) in [5.74, 6) is -1.35. The number of ether oxygens (including phenoxy) is 2. The second kappa shape index (κ2) is 6.81. The highest BCUT2D eigenvalue weighted by molar-refractivity contribution is 7.89. The third-order valence-electron chi connectivity index (χ3n) is 7.43. The number of carbonyl (C=O) groups excluding carboxylic acids is 1. The molecule has 28 heavy (non-hydrogen) atoms. The molecule has 0 radical (unpaired) electrons. The number of hydrogen-bond donors (Lipinski definition) is 0. The van der Waals surface area contributed by atoms with Crippen molar-refractivity contribution >= 4 is 16.0 Å². The van der Waals surface area contributed by atoms with Crippen LogP contribution in [0.4, 0.5) is 0 Å². The van der Waals surface area contributed by atoms with Crippen LogP contribution in [0.1, 0.15) is 67.2 Å². The molecule has 2 bridgehead atoms. The summed E-state index contributed by atoms with van der Waals surface area (Å²) < 4.78 is 40.9. The Morgan fingerprint density at radius 3 is 2.36 bits per heavy atom. The number of fused-ring (bicyclic) bond motifs is 3. The minimum absolute atomic E-state index is 0.0616. The van der Waals surface area contributed by atoms with Crippen LogP contribution in [0.3, 0.4) is 0 Å². The van der Waals surface area contributed by atoms with Gasteiger partial charge in [-0.25, -0.2) is 13.2 Å². The summed E-state index contributed by atoms with van der Waals surface area (Å²) in [6.45, 7) is 15.5. The van der Waals surface area contributed by atoms with E-state index in [1.807, 2.05) is 27.7 Å². The minimum Gasteiger partial charge on any atom is -0.430 e. The Morgan fingerprint density at radius 1 is 1.25 bits per heavy atom. The van der Waals surface area contributed by atoms with Crippen molar-refractivity contribution in [2.45, 2.75) is 91.2 Å². The predicted molar refractivity (Wildman–Crippen MR) is 108 cm³/mol. The molecule has 2 saturated carbocycles. The van der Waals surface area contributed by atoms with Gasteiger partial charge in [0, 0.05) is 24.9 Å². The predicted octanol–water partition coefficient (Wildman–Crippen LogP) is 3.48. The van der Waals surface area contributed by atoms with Crippen LogP contribution < -0.4 is 0 Å². The van der Waals surface area contributed by atoms with Crippen molar-refractivity contribution in [3.05, 3.63) is 12.7 Å². The van der Waals surface area contributed by atoms with Gasteiger partial charge in [0.05, 0.1) is 11.2 Å². The summed E-state index contributed by atoms with van der Waals surface area (Å²) in [6, 6.07) is -0.278. The van der Waals surface area contributed by atoms with Crippen LogP contribution in [-0.2, 0) is 24.3 Å². The molecule has 1 heterocycles. The van der Waals surface area contributed by atoms with E-state index in [2.05, 4.69) is 20.4 Å². The number of carbonyl (C=O) groups is 1. The van der Waals surface area contributed by atoms with Crippen molar-refractivity contribution in [2.75, 3.05) is 5.75 Å². The van der Waals surface area contributed by atoms with Crippen molar-refractivity contribution < 1.29 is 22.7 Å². The quantitative estimate of drug-likeness (QED) is 0.472. The molecule has 0 N–H and O–H groups in total. The Labute approximate surface area is 169 Å². The number of rotatable bonds is 7. The second-order valence-electron chi connectivity index (χ2n) is 9.82. The third kappa shape index (κ3) is 2.88. The minimum atomic E-state index is -3.59. The zero-order chi connectivity index (χ0) is 21.1. The van der Waals surface area contributed by atoms with Crippen LogP contribution in [-0.4, -0.2) is 48.4 Å². The maximum absolute atomic E-state index is 13.6. The fourth-order valence-electron chi connectivity index (χ4n) is 6.17. The van der Waals surface area contributed by atoms with Gasteiger partial charge in [-0.2, -0.15) is 4.31 Å². The SMILES string of the molecule is C=CC[C@H]1OC2(CC3CCC2(CS(=O)(=O)N(C(C)C)C(C)C)C3(C)C)OC1=O. The summed E-state index contributed by atoms with van der Waals surface area (Å²) >= 11 is 0. The molecular weight excluding hydrogens is 378 g/mol. The number of hydrogen-bond acceptors (Lipinski definition) is 5. The van der Waals surface area contributed by atoms with E-state index in [0.717, 1.165) is 6.42 Å². The molecule has 2 aliphatic carbocycles. The molecule has 6 nitrogen and oxygen atoms in total. The highest BCUT2D eigenvalue weighted by Crippen LogP contribution is 2.72. The van der Waals surface area contributed by atoms with E-state index >= 15 is 0 Å². The van der Waals surface area contributed by atoms with E-state index in [1.165, 1.54) is 0 Å². The summed E-state index contributed by atoms with van der Waals surface area (Å²) in [7, 11) is -3.59. The average Bonchev–Trinajstić information content (AvgIpc) is 3.02. The topological polar surface area (TPSA) is 72.9 Å². The molecular formula is C21H35NO5S. The first kappa shape index (κ1) is 21.8. The monoisotopic (exact) mass is 413 g/mol. The molecule has 0 amide bonds. The zero-order valence-corrected chi connectivity index (χ0v) is 18.8. The maximum atomic E-state index is 13.6. The van der Waals surface area contributed by atoms with E-state index in [1.54, 1.807) is 10.4 Å². The van der Waals surface area contributed by atoms with Gasteiger partial charge in [0.15, 0.2) is 6.10 Å². The third-order valence-corrected chi connectivity index (χ3v) is 9.77. The fraction of sp³-hybridized carbons (Fsp3) is 0.857. The smallest absolute Gasteiger partial charge is 0.338 e. The number of sulfonamides is 1. The van der Waals surface area contributed by atoms with E-state index in [0.29, 0.717) is 19.3 Å². The van der Waals surface area contributed by atoms with Crippen LogP contribution in [0.25, 0.3) is 0 Å². The zero-order valence-electron chi connectivity index (χ0n) is 18.0. The molecule has 3 rings (SSSR count). The molecule has 0 aromatic heterocycles. The molecule has 3 aliphatic rings. The highest BCUT2D eigenvalue weighted by atomic mass is 32.2. The van der Waals surface area contributed by atoms with E-state index < -0.39 is 33.3 Å². The number of esters is 1. The van der Waals surface area contributed by atoms with Crippen LogP contribution >= 0.6 is 0 Å². The van der Waals surface area contributed by atoms with Crippen LogP contribution in [0.15, 0.2) is 12.7 Å². The molecule has 3 unspecified atom stereocenters. The van der Waals surface area contributed by atoms with Gasteiger partial charge in [-0.15, -0.1) is 6.58 Å². The normalized spacial score (nSPS) is 36.8. The Morgan fingerprint density at radius 2 is 1.86 bits per heavy atom. The van der Waals surface area contributed by atoms with Crippen molar-refractivity contribution in [2.24, 2.45) is 16.7 Å². The van der Waals surface area contributed by atoms with Crippen molar-refractivity contribution in [1.29, 1.82) is 0 Å². The Bertz CT molecular complexity index is 751. The average molecular weight is 414 g/mol. The van der Waals surface area contributed by atoms with Gasteiger partial charge in [-0.1, -0.05) is 19.9 Å². The Hall–Kier alpha value is -0.920. The van der Waals surface area contributed by atoms with E-state index in [-0.39, 0.29) is 29.2 Å². The molecule has 1 saturated heterocycles. The summed E-state index contributed by atoms with van der Waals surface area (Å²) in [5, 5.41) is 0. The summed E-state index contributed by atoms with van der Waals surface area (Å²) in [5.41, 5.74) is -1.06. The highest BCUT2D eigenvalue weighted by Gasteiger charge is 2.77. The van der Waals surface area contributed by atoms with Crippen molar-refractivity contribution in [1.82, 2.24) is 4.31 Å². The van der Waals surface area contributed by atoms with Crippen LogP contribution in [0.5, 0.6) is 0 Å². The molecule has 7 heteroatoms. The lowest BCUT2D eigenvalue weighted by Crippen LogP contribution is -2.57. The summed E-state index contributed by atoms with van der Waals surface area (Å²) in [6.07, 6.45) is 3.50. The molecule has 160 valence electrons. The fourth-order valence-corrected chi connectivity index (χ4v) is 8.96. The lowest BCUT2D eigenvalue weighted by Gasteiger charge is -2.47. The molecule has 0 aromatic carbocycles. The van der Waals surface area contributed by atoms with Crippen molar-refractivity contribution in [3.63, 3.8) is 0 Å². The van der Waals surface area contributed by atoms with E-state index in [4.69, 9.17) is 9.47 Å². The standard InChI is InChI=1S/C21H35NO5S/c1-8-9-17-18(23)27-21(26-17)12-16-10-11-20(21,19(16,6)7)13-28(24,25)22(14(2)3)15(4)5/h8,14-17H,1,9-13H2,2-7H3/t16?,17-,20?,21?/m1/s1. The first-order valence-corrected chi connectivity index (χ1v) is 12.0. The Kier molecular flexibility index (Phi) is 5.30. The van der Waals surface area contributed by atoms with Gasteiger partial charge < -0.3 is 9.47 Å². The molecule has 0 aromatic rings. The summed E-state index contributed by atoms with van der Waals surface area (Å²) in [4.78, 5) is 12.5. The lowest BCUT2D eigenvalue weighted by molar-refractivity contribution is -0.241. The first-order chi connectivity index (χ1) is 12.8. The lowest BCUT2D eigenvalue weighted by atomic mass is 9.68. The molecule has 1 spiro atoms. The largest absolute Gasteiger partial charge is 0.430 e. The van der Waals surface area contributed by atoms with Crippen LogP contribution in [0.2, 0.25) is 0 Å². The number of nitrogens with zero attached hydrogens (tertiary/aromatic N) is 1. The van der Waals surface area contributed by atoms with Gasteiger partial charge in [0.1, 0.15) is 0 Å². The molecule has 4 atom stereocenters.